The van der Waals surface area contributed by atoms with Crippen molar-refractivity contribution in [3.63, 3.8) is 0 Å². The summed E-state index contributed by atoms with van der Waals surface area (Å²) in [5, 5.41) is 8.00. The van der Waals surface area contributed by atoms with Crippen LogP contribution in [-0.4, -0.2) is 35.6 Å². The van der Waals surface area contributed by atoms with Gasteiger partial charge in [-0.15, -0.1) is 0 Å². The monoisotopic (exact) mass is 329 g/mol. The number of nitrogens with zero attached hydrogens (tertiary/aromatic N) is 2. The molecule has 0 fully saturated rings. The molecule has 0 atom stereocenters. The largest absolute Gasteiger partial charge is 0.481 e. The van der Waals surface area contributed by atoms with Crippen molar-refractivity contribution in [3.05, 3.63) is 48.4 Å². The lowest BCUT2D eigenvalue weighted by Gasteiger charge is -2.08. The zero-order valence-corrected chi connectivity index (χ0v) is 13.3. The first kappa shape index (κ1) is 17.2. The van der Waals surface area contributed by atoms with Gasteiger partial charge in [-0.3, -0.25) is 9.78 Å². The molecule has 2 rings (SSSR count). The molecule has 24 heavy (non-hydrogen) atoms. The minimum atomic E-state index is -0.399. The minimum Gasteiger partial charge on any atom is -0.481 e. The summed E-state index contributed by atoms with van der Waals surface area (Å²) in [4.78, 5) is 31.3. The summed E-state index contributed by atoms with van der Waals surface area (Å²) in [6, 6.07) is 6.57. The molecule has 0 aromatic carbocycles. The molecule has 2 aromatic rings. The van der Waals surface area contributed by atoms with Crippen LogP contribution in [0.4, 0.5) is 10.5 Å². The molecule has 0 spiro atoms. The second-order valence-electron chi connectivity index (χ2n) is 4.85. The van der Waals surface area contributed by atoms with E-state index in [1.165, 1.54) is 13.3 Å². The first-order valence-electron chi connectivity index (χ1n) is 7.38. The molecular weight excluding hydrogens is 310 g/mol. The van der Waals surface area contributed by atoms with Gasteiger partial charge in [-0.05, 0) is 23.8 Å². The van der Waals surface area contributed by atoms with Crippen LogP contribution in [0.15, 0.2) is 42.9 Å². The van der Waals surface area contributed by atoms with Gasteiger partial charge in [0, 0.05) is 38.0 Å². The van der Waals surface area contributed by atoms with Gasteiger partial charge < -0.3 is 20.7 Å². The van der Waals surface area contributed by atoms with Crippen molar-refractivity contribution < 1.29 is 14.3 Å². The second-order valence-corrected chi connectivity index (χ2v) is 4.85. The van der Waals surface area contributed by atoms with Gasteiger partial charge in [0.25, 0.3) is 0 Å². The maximum Gasteiger partial charge on any atom is 0.319 e. The molecule has 0 aliphatic carbocycles. The number of carbonyl (C=O) groups excluding carboxylic acids is 2. The predicted octanol–water partition coefficient (Wildman–Crippen LogP) is 1.31. The van der Waals surface area contributed by atoms with Gasteiger partial charge in [0.15, 0.2) is 0 Å². The van der Waals surface area contributed by atoms with Crippen LogP contribution < -0.4 is 20.7 Å². The predicted molar refractivity (Wildman–Crippen MR) is 88.5 cm³/mol. The normalized spacial score (nSPS) is 9.88. The minimum absolute atomic E-state index is 0.141. The van der Waals surface area contributed by atoms with Gasteiger partial charge in [-0.25, -0.2) is 9.78 Å². The third kappa shape index (κ3) is 5.91. The summed E-state index contributed by atoms with van der Waals surface area (Å²) in [6.45, 7) is 0.669. The maximum absolute atomic E-state index is 11.7. The van der Waals surface area contributed by atoms with Crippen molar-refractivity contribution in [2.24, 2.45) is 0 Å². The summed E-state index contributed by atoms with van der Waals surface area (Å²) < 4.78 is 4.93. The van der Waals surface area contributed by atoms with E-state index in [0.29, 0.717) is 18.1 Å². The number of hydrogen-bond donors (Lipinski definition) is 3. The molecule has 0 aliphatic rings. The average Bonchev–Trinajstić information content (AvgIpc) is 2.61. The Balaban J connectivity index is 1.63. The third-order valence-electron chi connectivity index (χ3n) is 3.08. The highest BCUT2D eigenvalue weighted by Crippen LogP contribution is 2.10. The number of ether oxygens (including phenoxy) is 1. The Bertz CT molecular complexity index is 661. The number of amides is 3. The number of urea groups is 1. The van der Waals surface area contributed by atoms with Crippen molar-refractivity contribution in [2.45, 2.75) is 13.0 Å². The molecule has 0 unspecified atom stereocenters. The van der Waals surface area contributed by atoms with E-state index in [4.69, 9.17) is 4.74 Å². The lowest BCUT2D eigenvalue weighted by Crippen LogP contribution is -2.33. The zero-order valence-electron chi connectivity index (χ0n) is 13.3. The number of hydrogen-bond acceptors (Lipinski definition) is 5. The van der Waals surface area contributed by atoms with Crippen LogP contribution in [0.1, 0.15) is 12.0 Å². The van der Waals surface area contributed by atoms with Crippen LogP contribution in [0.2, 0.25) is 0 Å². The standard InChI is InChI=1S/C16H19N5O3/c1-24-15-3-2-13(11-20-15)21-16(23)18-9-6-14(22)19-10-12-4-7-17-8-5-12/h2-5,7-8,11H,6,9-10H2,1H3,(H,19,22)(H2,18,21,23). The average molecular weight is 329 g/mol. The molecule has 3 amide bonds. The number of rotatable bonds is 7. The summed E-state index contributed by atoms with van der Waals surface area (Å²) in [5.41, 5.74) is 1.51. The van der Waals surface area contributed by atoms with E-state index in [2.05, 4.69) is 25.9 Å². The molecule has 0 radical (unpaired) electrons. The Labute approximate surface area is 139 Å². The summed E-state index contributed by atoms with van der Waals surface area (Å²) in [6.07, 6.45) is 5.02. The van der Waals surface area contributed by atoms with Crippen molar-refractivity contribution in [1.82, 2.24) is 20.6 Å². The zero-order chi connectivity index (χ0) is 17.2. The molecule has 2 heterocycles. The molecule has 0 saturated heterocycles. The SMILES string of the molecule is COc1ccc(NC(=O)NCCC(=O)NCc2ccncc2)cn1. The molecule has 8 heteroatoms. The van der Waals surface area contributed by atoms with E-state index >= 15 is 0 Å². The number of aromatic nitrogens is 2. The van der Waals surface area contributed by atoms with Gasteiger partial charge in [0.1, 0.15) is 0 Å². The number of carbonyl (C=O) groups is 2. The smallest absolute Gasteiger partial charge is 0.319 e. The van der Waals surface area contributed by atoms with Crippen LogP contribution in [0.3, 0.4) is 0 Å². The van der Waals surface area contributed by atoms with Crippen molar-refractivity contribution in [1.29, 1.82) is 0 Å². The summed E-state index contributed by atoms with van der Waals surface area (Å²) in [7, 11) is 1.52. The molecule has 3 N–H and O–H groups in total. The Kier molecular flexibility index (Phi) is 6.51. The number of pyridine rings is 2. The Morgan fingerprint density at radius 3 is 2.58 bits per heavy atom. The highest BCUT2D eigenvalue weighted by atomic mass is 16.5. The number of nitrogens with one attached hydrogen (secondary N) is 3. The second kappa shape index (κ2) is 9.09. The van der Waals surface area contributed by atoms with Gasteiger partial charge >= 0.3 is 6.03 Å². The number of methoxy groups -OCH3 is 1. The summed E-state index contributed by atoms with van der Waals surface area (Å²) in [5.74, 6) is 0.324. The fraction of sp³-hybridized carbons (Fsp3) is 0.250. The lowest BCUT2D eigenvalue weighted by atomic mass is 10.2. The fourth-order valence-corrected chi connectivity index (χ4v) is 1.83. The van der Waals surface area contributed by atoms with E-state index in [1.807, 2.05) is 12.1 Å². The highest BCUT2D eigenvalue weighted by molar-refractivity contribution is 5.89. The Morgan fingerprint density at radius 2 is 1.92 bits per heavy atom. The lowest BCUT2D eigenvalue weighted by molar-refractivity contribution is -0.121. The highest BCUT2D eigenvalue weighted by Gasteiger charge is 2.05. The fourth-order valence-electron chi connectivity index (χ4n) is 1.83. The molecule has 0 aliphatic heterocycles. The van der Waals surface area contributed by atoms with Gasteiger partial charge in [0.05, 0.1) is 19.0 Å². The Hall–Kier alpha value is -3.16. The molecule has 126 valence electrons. The van der Waals surface area contributed by atoms with Gasteiger partial charge in [-0.2, -0.15) is 0 Å². The molecular formula is C16H19N5O3. The van der Waals surface area contributed by atoms with Crippen LogP contribution >= 0.6 is 0 Å². The van der Waals surface area contributed by atoms with Crippen LogP contribution in [0.25, 0.3) is 0 Å². The quantitative estimate of drug-likeness (QED) is 0.710. The van der Waals surface area contributed by atoms with Crippen LogP contribution in [-0.2, 0) is 11.3 Å². The topological polar surface area (TPSA) is 105 Å². The van der Waals surface area contributed by atoms with E-state index in [9.17, 15) is 9.59 Å². The molecule has 2 aromatic heterocycles. The Morgan fingerprint density at radius 1 is 1.12 bits per heavy atom. The van der Waals surface area contributed by atoms with E-state index in [1.54, 1.807) is 24.5 Å². The molecule has 0 saturated carbocycles. The summed E-state index contributed by atoms with van der Waals surface area (Å²) >= 11 is 0. The van der Waals surface area contributed by atoms with Crippen LogP contribution in [0, 0.1) is 0 Å². The van der Waals surface area contributed by atoms with Crippen molar-refractivity contribution in [2.75, 3.05) is 19.0 Å². The maximum atomic E-state index is 11.7. The van der Waals surface area contributed by atoms with Gasteiger partial charge in [-0.1, -0.05) is 0 Å². The van der Waals surface area contributed by atoms with Crippen LogP contribution in [0.5, 0.6) is 5.88 Å². The molecule has 0 bridgehead atoms. The van der Waals surface area contributed by atoms with E-state index < -0.39 is 6.03 Å². The van der Waals surface area contributed by atoms with Crippen molar-refractivity contribution >= 4 is 17.6 Å². The first-order valence-corrected chi connectivity index (χ1v) is 7.38. The number of anilines is 1. The third-order valence-corrected chi connectivity index (χ3v) is 3.08. The van der Waals surface area contributed by atoms with E-state index in [-0.39, 0.29) is 18.9 Å². The molecule has 8 nitrogen and oxygen atoms in total. The van der Waals surface area contributed by atoms with Crippen molar-refractivity contribution in [3.8, 4) is 5.88 Å². The van der Waals surface area contributed by atoms with E-state index in [0.717, 1.165) is 5.56 Å². The van der Waals surface area contributed by atoms with Gasteiger partial charge in [0.2, 0.25) is 11.8 Å². The first-order chi connectivity index (χ1) is 11.7.